The molecule has 0 unspecified atom stereocenters. The largest absolute Gasteiger partial charge is 0.478 e. The second-order valence-corrected chi connectivity index (χ2v) is 4.63. The normalized spacial score (nSPS) is 16.8. The van der Waals surface area contributed by atoms with E-state index in [4.69, 9.17) is 10.8 Å². The van der Waals surface area contributed by atoms with Crippen molar-refractivity contribution in [2.24, 2.45) is 5.41 Å². The number of carboxylic acid groups (broad SMARTS) is 1. The Kier molecular flexibility index (Phi) is 2.46. The Balaban J connectivity index is 2.15. The molecule has 1 fully saturated rings. The second-order valence-electron chi connectivity index (χ2n) is 4.63. The summed E-state index contributed by atoms with van der Waals surface area (Å²) in [7, 11) is 0. The van der Waals surface area contributed by atoms with Gasteiger partial charge in [-0.15, -0.1) is 0 Å². The molecule has 16 heavy (non-hydrogen) atoms. The van der Waals surface area contributed by atoms with Gasteiger partial charge in [-0.2, -0.15) is 0 Å². The van der Waals surface area contributed by atoms with Gasteiger partial charge in [-0.05, 0) is 24.3 Å². The van der Waals surface area contributed by atoms with E-state index in [1.165, 1.54) is 25.1 Å². The number of nitrogens with one attached hydrogen (secondary N) is 1. The predicted octanol–water partition coefficient (Wildman–Crippen LogP) is 1.57. The van der Waals surface area contributed by atoms with Crippen LogP contribution in [0.4, 0.5) is 11.5 Å². The molecule has 0 aliphatic heterocycles. The van der Waals surface area contributed by atoms with Crippen molar-refractivity contribution in [1.29, 1.82) is 0 Å². The third kappa shape index (κ3) is 2.24. The minimum atomic E-state index is -1.01. The lowest BCUT2D eigenvalue weighted by Crippen LogP contribution is -2.15. The van der Waals surface area contributed by atoms with Crippen LogP contribution in [0.2, 0.25) is 0 Å². The van der Waals surface area contributed by atoms with Crippen LogP contribution in [0.1, 0.15) is 30.1 Å². The van der Waals surface area contributed by atoms with Gasteiger partial charge in [0, 0.05) is 6.54 Å². The Hall–Kier alpha value is -1.78. The molecule has 1 aliphatic rings. The highest BCUT2D eigenvalue weighted by Gasteiger charge is 2.37. The minimum Gasteiger partial charge on any atom is -0.478 e. The van der Waals surface area contributed by atoms with Crippen LogP contribution in [0.15, 0.2) is 12.3 Å². The summed E-state index contributed by atoms with van der Waals surface area (Å²) in [4.78, 5) is 15.0. The summed E-state index contributed by atoms with van der Waals surface area (Å²) in [5, 5.41) is 12.1. The van der Waals surface area contributed by atoms with Gasteiger partial charge < -0.3 is 16.2 Å². The Bertz CT molecular complexity index is 427. The lowest BCUT2D eigenvalue weighted by molar-refractivity contribution is 0.0697. The molecule has 1 aliphatic carbocycles. The molecule has 0 bridgehead atoms. The molecule has 1 aromatic rings. The third-order valence-corrected chi connectivity index (χ3v) is 2.93. The van der Waals surface area contributed by atoms with Gasteiger partial charge in [0.25, 0.3) is 0 Å². The summed E-state index contributed by atoms with van der Waals surface area (Å²) < 4.78 is 0. The number of rotatable bonds is 4. The van der Waals surface area contributed by atoms with Crippen molar-refractivity contribution >= 4 is 17.5 Å². The average Bonchev–Trinajstić information content (AvgIpc) is 2.95. The molecule has 0 saturated heterocycles. The molecule has 2 rings (SSSR count). The lowest BCUT2D eigenvalue weighted by Gasteiger charge is -2.12. The van der Waals surface area contributed by atoms with Crippen LogP contribution in [0, 0.1) is 5.41 Å². The van der Waals surface area contributed by atoms with E-state index in [2.05, 4.69) is 17.2 Å². The Morgan fingerprint density at radius 1 is 1.69 bits per heavy atom. The van der Waals surface area contributed by atoms with Crippen LogP contribution in [-0.2, 0) is 0 Å². The van der Waals surface area contributed by atoms with E-state index in [1.807, 2.05) is 0 Å². The number of carboxylic acids is 1. The molecule has 86 valence electrons. The molecule has 5 heteroatoms. The number of anilines is 2. The van der Waals surface area contributed by atoms with E-state index >= 15 is 0 Å². The Morgan fingerprint density at radius 3 is 2.94 bits per heavy atom. The molecule has 1 heterocycles. The molecule has 1 saturated carbocycles. The summed E-state index contributed by atoms with van der Waals surface area (Å²) >= 11 is 0. The summed E-state index contributed by atoms with van der Waals surface area (Å²) in [5.41, 5.74) is 6.30. The molecule has 0 aromatic carbocycles. The van der Waals surface area contributed by atoms with Crippen LogP contribution < -0.4 is 11.1 Å². The molecule has 5 nitrogen and oxygen atoms in total. The number of nitrogens with two attached hydrogens (primary N) is 1. The zero-order valence-electron chi connectivity index (χ0n) is 9.16. The monoisotopic (exact) mass is 221 g/mol. The summed E-state index contributed by atoms with van der Waals surface area (Å²) in [6.45, 7) is 2.92. The zero-order chi connectivity index (χ0) is 11.8. The van der Waals surface area contributed by atoms with Crippen LogP contribution in [0.25, 0.3) is 0 Å². The van der Waals surface area contributed by atoms with E-state index in [-0.39, 0.29) is 5.56 Å². The molecular weight excluding hydrogens is 206 g/mol. The van der Waals surface area contributed by atoms with Crippen LogP contribution in [0.3, 0.4) is 0 Å². The zero-order valence-corrected chi connectivity index (χ0v) is 9.16. The van der Waals surface area contributed by atoms with Crippen molar-refractivity contribution in [1.82, 2.24) is 4.98 Å². The number of hydrogen-bond acceptors (Lipinski definition) is 4. The maximum Gasteiger partial charge on any atom is 0.339 e. The number of nitrogens with zero attached hydrogens (tertiary/aromatic N) is 1. The highest BCUT2D eigenvalue weighted by Crippen LogP contribution is 2.44. The lowest BCUT2D eigenvalue weighted by atomic mass is 10.1. The smallest absolute Gasteiger partial charge is 0.339 e. The number of hydrogen-bond donors (Lipinski definition) is 3. The topological polar surface area (TPSA) is 88.2 Å². The van der Waals surface area contributed by atoms with Crippen molar-refractivity contribution in [3.63, 3.8) is 0 Å². The standard InChI is InChI=1S/C11H15N3O2/c1-11(2-3-11)6-14-9-8(10(15)16)4-7(12)5-13-9/h4-5H,2-3,6,12H2,1H3,(H,13,14)(H,15,16). The van der Waals surface area contributed by atoms with Gasteiger partial charge in [0.1, 0.15) is 11.4 Å². The molecular formula is C11H15N3O2. The van der Waals surface area contributed by atoms with E-state index in [1.54, 1.807) is 0 Å². The summed E-state index contributed by atoms with van der Waals surface area (Å²) in [5.74, 6) is -0.613. The first-order valence-electron chi connectivity index (χ1n) is 5.23. The number of carbonyl (C=O) groups is 1. The van der Waals surface area contributed by atoms with Gasteiger partial charge in [0.05, 0.1) is 11.9 Å². The SMILES string of the molecule is CC1(CNc2ncc(N)cc2C(=O)O)CC1. The average molecular weight is 221 g/mol. The van der Waals surface area contributed by atoms with Gasteiger partial charge >= 0.3 is 5.97 Å². The van der Waals surface area contributed by atoms with Gasteiger partial charge in [-0.1, -0.05) is 6.92 Å². The van der Waals surface area contributed by atoms with E-state index < -0.39 is 5.97 Å². The van der Waals surface area contributed by atoms with Crippen molar-refractivity contribution in [3.8, 4) is 0 Å². The quantitative estimate of drug-likeness (QED) is 0.718. The predicted molar refractivity (Wildman–Crippen MR) is 61.4 cm³/mol. The first-order valence-corrected chi connectivity index (χ1v) is 5.23. The van der Waals surface area contributed by atoms with Crippen molar-refractivity contribution in [2.45, 2.75) is 19.8 Å². The second kappa shape index (κ2) is 3.66. The first kappa shape index (κ1) is 10.7. The van der Waals surface area contributed by atoms with Crippen molar-refractivity contribution < 1.29 is 9.90 Å². The Labute approximate surface area is 93.7 Å². The van der Waals surface area contributed by atoms with E-state index in [0.717, 1.165) is 6.54 Å². The van der Waals surface area contributed by atoms with Crippen molar-refractivity contribution in [3.05, 3.63) is 17.8 Å². The molecule has 1 aromatic heterocycles. The maximum absolute atomic E-state index is 11.0. The summed E-state index contributed by atoms with van der Waals surface area (Å²) in [6, 6.07) is 1.42. The van der Waals surface area contributed by atoms with E-state index in [9.17, 15) is 4.79 Å². The molecule has 4 N–H and O–H groups in total. The number of nitrogen functional groups attached to an aromatic ring is 1. The number of aromatic carboxylic acids is 1. The van der Waals surface area contributed by atoms with Gasteiger partial charge in [0.15, 0.2) is 0 Å². The highest BCUT2D eigenvalue weighted by molar-refractivity contribution is 5.94. The van der Waals surface area contributed by atoms with Gasteiger partial charge in [-0.25, -0.2) is 9.78 Å². The van der Waals surface area contributed by atoms with E-state index in [0.29, 0.717) is 16.9 Å². The summed E-state index contributed by atoms with van der Waals surface area (Å²) in [6.07, 6.45) is 3.82. The minimum absolute atomic E-state index is 0.129. The van der Waals surface area contributed by atoms with Crippen LogP contribution >= 0.6 is 0 Å². The number of aromatic nitrogens is 1. The van der Waals surface area contributed by atoms with Crippen molar-refractivity contribution in [2.75, 3.05) is 17.6 Å². The molecule has 0 atom stereocenters. The Morgan fingerprint density at radius 2 is 2.38 bits per heavy atom. The molecule has 0 radical (unpaired) electrons. The van der Waals surface area contributed by atoms with Crippen LogP contribution in [0.5, 0.6) is 0 Å². The van der Waals surface area contributed by atoms with Gasteiger partial charge in [-0.3, -0.25) is 0 Å². The van der Waals surface area contributed by atoms with Crippen LogP contribution in [-0.4, -0.2) is 22.6 Å². The first-order chi connectivity index (χ1) is 7.50. The fraction of sp³-hybridized carbons (Fsp3) is 0.455. The fourth-order valence-electron chi connectivity index (χ4n) is 1.47. The molecule has 0 amide bonds. The maximum atomic E-state index is 11.0. The highest BCUT2D eigenvalue weighted by atomic mass is 16.4. The third-order valence-electron chi connectivity index (χ3n) is 2.93. The fourth-order valence-corrected chi connectivity index (χ4v) is 1.47. The van der Waals surface area contributed by atoms with Gasteiger partial charge in [0.2, 0.25) is 0 Å². The molecule has 0 spiro atoms. The number of pyridine rings is 1.